The molecule has 0 amide bonds. The van der Waals surface area contributed by atoms with Crippen LogP contribution in [0.3, 0.4) is 0 Å². The van der Waals surface area contributed by atoms with Gasteiger partial charge in [-0.1, -0.05) is 38.4 Å². The summed E-state index contributed by atoms with van der Waals surface area (Å²) in [5.74, 6) is 0.584. The average Bonchev–Trinajstić information content (AvgIpc) is 2.68. The normalized spacial score (nSPS) is 18.8. The van der Waals surface area contributed by atoms with Gasteiger partial charge in [0.15, 0.2) is 0 Å². The Bertz CT molecular complexity index is 531. The third-order valence-corrected chi connectivity index (χ3v) is 3.84. The molecule has 0 radical (unpaired) electrons. The summed E-state index contributed by atoms with van der Waals surface area (Å²) in [6.07, 6.45) is 1.11. The molecule has 0 bridgehead atoms. The molecule has 0 spiro atoms. The Morgan fingerprint density at radius 1 is 1.33 bits per heavy atom. The maximum Gasteiger partial charge on any atom is 0.0836 e. The Kier molecular flexibility index (Phi) is 4.31. The highest BCUT2D eigenvalue weighted by molar-refractivity contribution is 6.35. The van der Waals surface area contributed by atoms with Crippen LogP contribution in [0.4, 0.5) is 0 Å². The Hall–Kier alpha value is -0.990. The summed E-state index contributed by atoms with van der Waals surface area (Å²) in [5.41, 5.74) is 4.00. The molecule has 98 valence electrons. The minimum absolute atomic E-state index is 0.584. The van der Waals surface area contributed by atoms with Crippen LogP contribution in [0.15, 0.2) is 18.2 Å². The van der Waals surface area contributed by atoms with Crippen molar-refractivity contribution in [3.8, 4) is 0 Å². The minimum atomic E-state index is 0.584. The van der Waals surface area contributed by atoms with E-state index in [9.17, 15) is 0 Å². The van der Waals surface area contributed by atoms with Gasteiger partial charge < -0.3 is 10.3 Å². The molecule has 1 aliphatic rings. The van der Waals surface area contributed by atoms with E-state index in [1.807, 2.05) is 26.0 Å². The number of aromatic nitrogens is 1. The lowest BCUT2D eigenvalue weighted by Gasteiger charge is -2.04. The monoisotopic (exact) mass is 265 g/mol. The molecule has 3 heteroatoms. The summed E-state index contributed by atoms with van der Waals surface area (Å²) in [6.45, 7) is 8.61. The minimum Gasteiger partial charge on any atom is -0.358 e. The molecular formula is C15H22ClN2+. The summed E-state index contributed by atoms with van der Waals surface area (Å²) in [4.78, 5) is 3.54. The molecule has 1 aromatic heterocycles. The predicted molar refractivity (Wildman–Crippen MR) is 78.4 cm³/mol. The first kappa shape index (κ1) is 13.4. The number of nitrogens with two attached hydrogens (primary N) is 1. The standard InChI is InChI=1S/C13H15ClN2.C2H6/c1-8-7-15-6-5-9-12-10(14)3-2-4-11(12)16-13(8)9;1-2/h2-4,8,15-16H,5-7H2,1H3;1-2H3/p+1/t8-;/m0./s1. The number of rotatable bonds is 0. The quantitative estimate of drug-likeness (QED) is 0.734. The Morgan fingerprint density at radius 3 is 2.89 bits per heavy atom. The third-order valence-electron chi connectivity index (χ3n) is 3.52. The number of fused-ring (bicyclic) bond motifs is 3. The zero-order valence-corrected chi connectivity index (χ0v) is 12.1. The molecule has 0 unspecified atom stereocenters. The number of aromatic amines is 1. The predicted octanol–water partition coefficient (Wildman–Crippen LogP) is 3.07. The molecule has 18 heavy (non-hydrogen) atoms. The topological polar surface area (TPSA) is 32.4 Å². The fourth-order valence-corrected chi connectivity index (χ4v) is 2.99. The van der Waals surface area contributed by atoms with Crippen molar-refractivity contribution in [1.82, 2.24) is 4.98 Å². The first-order valence-electron chi connectivity index (χ1n) is 6.88. The molecule has 2 aromatic rings. The number of benzene rings is 1. The van der Waals surface area contributed by atoms with Crippen molar-refractivity contribution >= 4 is 22.5 Å². The highest BCUT2D eigenvalue weighted by Crippen LogP contribution is 2.33. The maximum atomic E-state index is 6.31. The second kappa shape index (κ2) is 5.77. The number of hydrogen-bond acceptors (Lipinski definition) is 0. The first-order valence-corrected chi connectivity index (χ1v) is 7.26. The van der Waals surface area contributed by atoms with Gasteiger partial charge in [0.2, 0.25) is 0 Å². The van der Waals surface area contributed by atoms with Crippen molar-refractivity contribution < 1.29 is 5.32 Å². The second-order valence-electron chi connectivity index (χ2n) is 4.64. The van der Waals surface area contributed by atoms with Gasteiger partial charge in [0, 0.05) is 28.9 Å². The van der Waals surface area contributed by atoms with Gasteiger partial charge in [-0.2, -0.15) is 0 Å². The molecule has 2 nitrogen and oxygen atoms in total. The van der Waals surface area contributed by atoms with E-state index in [4.69, 9.17) is 11.6 Å². The van der Waals surface area contributed by atoms with Crippen LogP contribution in [0.1, 0.15) is 37.9 Å². The summed E-state index contributed by atoms with van der Waals surface area (Å²) >= 11 is 6.31. The lowest BCUT2D eigenvalue weighted by atomic mass is 10.0. The van der Waals surface area contributed by atoms with E-state index < -0.39 is 0 Å². The van der Waals surface area contributed by atoms with E-state index in [1.54, 1.807) is 0 Å². The average molecular weight is 266 g/mol. The van der Waals surface area contributed by atoms with Crippen LogP contribution in [-0.4, -0.2) is 18.1 Å². The van der Waals surface area contributed by atoms with Gasteiger partial charge in [0.25, 0.3) is 0 Å². The van der Waals surface area contributed by atoms with Crippen molar-refractivity contribution in [2.75, 3.05) is 13.1 Å². The van der Waals surface area contributed by atoms with E-state index in [0.717, 1.165) is 24.5 Å². The van der Waals surface area contributed by atoms with Crippen molar-refractivity contribution in [2.24, 2.45) is 0 Å². The SMILES string of the molecule is CC.C[C@H]1C[NH2+]CCc2c1[nH]c1cccc(Cl)c21. The van der Waals surface area contributed by atoms with Gasteiger partial charge in [-0.25, -0.2) is 0 Å². The van der Waals surface area contributed by atoms with E-state index in [-0.39, 0.29) is 0 Å². The third kappa shape index (κ3) is 2.27. The molecule has 0 fully saturated rings. The van der Waals surface area contributed by atoms with Crippen molar-refractivity contribution in [3.05, 3.63) is 34.5 Å². The van der Waals surface area contributed by atoms with Crippen molar-refractivity contribution in [2.45, 2.75) is 33.1 Å². The van der Waals surface area contributed by atoms with Crippen molar-refractivity contribution in [1.29, 1.82) is 0 Å². The summed E-state index contributed by atoms with van der Waals surface area (Å²) in [7, 11) is 0. The van der Waals surface area contributed by atoms with Crippen LogP contribution in [0.5, 0.6) is 0 Å². The maximum absolute atomic E-state index is 6.31. The zero-order chi connectivity index (χ0) is 13.1. The fourth-order valence-electron chi connectivity index (χ4n) is 2.70. The second-order valence-corrected chi connectivity index (χ2v) is 5.05. The molecular weight excluding hydrogens is 244 g/mol. The number of halogens is 1. The number of H-pyrrole nitrogens is 1. The van der Waals surface area contributed by atoms with Crippen molar-refractivity contribution in [3.63, 3.8) is 0 Å². The molecule has 0 saturated heterocycles. The van der Waals surface area contributed by atoms with Gasteiger partial charge in [-0.3, -0.25) is 0 Å². The van der Waals surface area contributed by atoms with Gasteiger partial charge in [0.1, 0.15) is 0 Å². The lowest BCUT2D eigenvalue weighted by Crippen LogP contribution is -2.85. The lowest BCUT2D eigenvalue weighted by molar-refractivity contribution is -0.655. The van der Waals surface area contributed by atoms with Crippen LogP contribution >= 0.6 is 11.6 Å². The summed E-state index contributed by atoms with van der Waals surface area (Å²) in [5, 5.41) is 4.51. The molecule has 3 rings (SSSR count). The number of quaternary nitrogens is 1. The van der Waals surface area contributed by atoms with Gasteiger partial charge in [-0.15, -0.1) is 0 Å². The van der Waals surface area contributed by atoms with Gasteiger partial charge in [-0.05, 0) is 17.7 Å². The Labute approximate surface area is 114 Å². The molecule has 0 aliphatic carbocycles. The highest BCUT2D eigenvalue weighted by Gasteiger charge is 2.22. The summed E-state index contributed by atoms with van der Waals surface area (Å²) in [6, 6.07) is 6.11. The van der Waals surface area contributed by atoms with E-state index in [2.05, 4.69) is 23.3 Å². The number of hydrogen-bond donors (Lipinski definition) is 2. The molecule has 1 aromatic carbocycles. The van der Waals surface area contributed by atoms with E-state index in [1.165, 1.54) is 22.2 Å². The molecule has 3 N–H and O–H groups in total. The highest BCUT2D eigenvalue weighted by atomic mass is 35.5. The van der Waals surface area contributed by atoms with Gasteiger partial charge >= 0.3 is 0 Å². The molecule has 1 atom stereocenters. The van der Waals surface area contributed by atoms with Crippen LogP contribution in [0, 0.1) is 0 Å². The molecule has 1 aliphatic heterocycles. The Balaban J connectivity index is 0.000000574. The zero-order valence-electron chi connectivity index (χ0n) is 11.4. The first-order chi connectivity index (χ1) is 8.77. The summed E-state index contributed by atoms with van der Waals surface area (Å²) < 4.78 is 0. The fraction of sp³-hybridized carbons (Fsp3) is 0.467. The number of nitrogens with one attached hydrogen (secondary N) is 1. The van der Waals surface area contributed by atoms with Crippen LogP contribution < -0.4 is 5.32 Å². The van der Waals surface area contributed by atoms with Crippen LogP contribution in [0.2, 0.25) is 5.02 Å². The van der Waals surface area contributed by atoms with E-state index >= 15 is 0 Å². The van der Waals surface area contributed by atoms with Gasteiger partial charge in [0.05, 0.1) is 18.1 Å². The Morgan fingerprint density at radius 2 is 2.11 bits per heavy atom. The van der Waals surface area contributed by atoms with Crippen LogP contribution in [0.25, 0.3) is 10.9 Å². The van der Waals surface area contributed by atoms with Crippen LogP contribution in [-0.2, 0) is 6.42 Å². The molecule has 2 heterocycles. The molecule has 0 saturated carbocycles. The largest absolute Gasteiger partial charge is 0.358 e. The smallest absolute Gasteiger partial charge is 0.0836 e. The van der Waals surface area contributed by atoms with E-state index in [0.29, 0.717) is 5.92 Å².